The third-order valence-corrected chi connectivity index (χ3v) is 3.35. The van der Waals surface area contributed by atoms with E-state index in [-0.39, 0.29) is 5.78 Å². The van der Waals surface area contributed by atoms with Crippen LogP contribution >= 0.6 is 0 Å². The Labute approximate surface area is 125 Å². The van der Waals surface area contributed by atoms with Crippen LogP contribution < -0.4 is 10.1 Å². The van der Waals surface area contributed by atoms with Crippen molar-refractivity contribution in [2.45, 2.75) is 6.42 Å². The van der Waals surface area contributed by atoms with Crippen LogP contribution in [0.25, 0.3) is 0 Å². The third-order valence-electron chi connectivity index (χ3n) is 3.35. The summed E-state index contributed by atoms with van der Waals surface area (Å²) in [4.78, 5) is 12.5. The molecule has 21 heavy (non-hydrogen) atoms. The van der Waals surface area contributed by atoms with Gasteiger partial charge in [0.15, 0.2) is 5.78 Å². The summed E-state index contributed by atoms with van der Waals surface area (Å²) in [7, 11) is 3.47. The second-order valence-electron chi connectivity index (χ2n) is 4.67. The van der Waals surface area contributed by atoms with Gasteiger partial charge >= 0.3 is 0 Å². The van der Waals surface area contributed by atoms with Crippen molar-refractivity contribution in [3.63, 3.8) is 0 Å². The van der Waals surface area contributed by atoms with Gasteiger partial charge in [0.2, 0.25) is 0 Å². The topological polar surface area (TPSA) is 38.3 Å². The molecular formula is C18H19NO2. The van der Waals surface area contributed by atoms with Crippen LogP contribution in [0.15, 0.2) is 55.1 Å². The average Bonchev–Trinajstić information content (AvgIpc) is 2.54. The lowest BCUT2D eigenvalue weighted by atomic mass is 9.99. The number of carbonyl (C=O) groups is 1. The van der Waals surface area contributed by atoms with Crippen LogP contribution in [0.4, 0.5) is 5.69 Å². The quantitative estimate of drug-likeness (QED) is 0.648. The number of hydrogen-bond donors (Lipinski definition) is 1. The van der Waals surface area contributed by atoms with Crippen molar-refractivity contribution in [1.82, 2.24) is 0 Å². The van der Waals surface area contributed by atoms with E-state index in [1.807, 2.05) is 31.3 Å². The molecule has 2 aromatic rings. The van der Waals surface area contributed by atoms with Crippen molar-refractivity contribution in [2.24, 2.45) is 0 Å². The Morgan fingerprint density at radius 3 is 2.43 bits per heavy atom. The van der Waals surface area contributed by atoms with Gasteiger partial charge in [-0.15, -0.1) is 6.58 Å². The van der Waals surface area contributed by atoms with E-state index in [9.17, 15) is 4.79 Å². The van der Waals surface area contributed by atoms with Gasteiger partial charge in [-0.2, -0.15) is 0 Å². The second-order valence-corrected chi connectivity index (χ2v) is 4.67. The average molecular weight is 281 g/mol. The molecule has 0 radical (unpaired) electrons. The van der Waals surface area contributed by atoms with E-state index < -0.39 is 0 Å². The van der Waals surface area contributed by atoms with Crippen LogP contribution in [0.2, 0.25) is 0 Å². The minimum Gasteiger partial charge on any atom is -0.497 e. The fraction of sp³-hybridized carbons (Fsp3) is 0.167. The van der Waals surface area contributed by atoms with Crippen molar-refractivity contribution >= 4 is 11.5 Å². The molecule has 2 rings (SSSR count). The standard InChI is InChI=1S/C18H19NO2/c1-4-5-14-12-15(8-11-17(14)19-2)18(20)13-6-9-16(21-3)10-7-13/h4,6-12,19H,1,5H2,2-3H3. The number of ether oxygens (including phenoxy) is 1. The van der Waals surface area contributed by atoms with Crippen molar-refractivity contribution < 1.29 is 9.53 Å². The Bertz CT molecular complexity index is 645. The molecule has 0 heterocycles. The van der Waals surface area contributed by atoms with Gasteiger partial charge in [0, 0.05) is 23.9 Å². The Morgan fingerprint density at radius 1 is 1.19 bits per heavy atom. The van der Waals surface area contributed by atoms with E-state index in [1.54, 1.807) is 31.4 Å². The summed E-state index contributed by atoms with van der Waals surface area (Å²) >= 11 is 0. The molecule has 0 saturated carbocycles. The van der Waals surface area contributed by atoms with Gasteiger partial charge in [0.05, 0.1) is 7.11 Å². The molecule has 0 saturated heterocycles. The number of allylic oxidation sites excluding steroid dienone is 1. The number of rotatable bonds is 6. The Morgan fingerprint density at radius 2 is 1.86 bits per heavy atom. The first-order valence-corrected chi connectivity index (χ1v) is 6.80. The molecule has 3 heteroatoms. The van der Waals surface area contributed by atoms with Crippen LogP contribution in [0.5, 0.6) is 5.75 Å². The molecular weight excluding hydrogens is 262 g/mol. The van der Waals surface area contributed by atoms with Gasteiger partial charge in [-0.05, 0) is 54.4 Å². The summed E-state index contributed by atoms with van der Waals surface area (Å²) in [6.45, 7) is 3.76. The smallest absolute Gasteiger partial charge is 0.193 e. The van der Waals surface area contributed by atoms with Gasteiger partial charge < -0.3 is 10.1 Å². The molecule has 108 valence electrons. The number of ketones is 1. The van der Waals surface area contributed by atoms with Gasteiger partial charge in [-0.1, -0.05) is 6.08 Å². The number of anilines is 1. The minimum absolute atomic E-state index is 0.00520. The summed E-state index contributed by atoms with van der Waals surface area (Å²) < 4.78 is 5.11. The third kappa shape index (κ3) is 3.31. The van der Waals surface area contributed by atoms with Gasteiger partial charge in [-0.25, -0.2) is 0 Å². The van der Waals surface area contributed by atoms with Crippen LogP contribution in [-0.2, 0) is 6.42 Å². The Hall–Kier alpha value is -2.55. The highest BCUT2D eigenvalue weighted by molar-refractivity contribution is 6.09. The molecule has 0 fully saturated rings. The molecule has 0 bridgehead atoms. The van der Waals surface area contributed by atoms with Crippen molar-refractivity contribution in [1.29, 1.82) is 0 Å². The molecule has 0 atom stereocenters. The highest BCUT2D eigenvalue weighted by atomic mass is 16.5. The van der Waals surface area contributed by atoms with E-state index in [2.05, 4.69) is 11.9 Å². The molecule has 3 nitrogen and oxygen atoms in total. The number of methoxy groups -OCH3 is 1. The lowest BCUT2D eigenvalue weighted by Gasteiger charge is -2.10. The highest BCUT2D eigenvalue weighted by Gasteiger charge is 2.11. The molecule has 0 aliphatic heterocycles. The molecule has 0 aromatic heterocycles. The normalized spacial score (nSPS) is 10.0. The first kappa shape index (κ1) is 14.9. The number of nitrogens with one attached hydrogen (secondary N) is 1. The highest BCUT2D eigenvalue weighted by Crippen LogP contribution is 2.21. The molecule has 0 unspecified atom stereocenters. The van der Waals surface area contributed by atoms with Gasteiger partial charge in [0.25, 0.3) is 0 Å². The summed E-state index contributed by atoms with van der Waals surface area (Å²) in [6, 6.07) is 12.8. The van der Waals surface area contributed by atoms with E-state index in [0.29, 0.717) is 11.1 Å². The number of carbonyl (C=O) groups excluding carboxylic acids is 1. The molecule has 0 spiro atoms. The molecule has 2 aromatic carbocycles. The Kier molecular flexibility index (Phi) is 4.77. The number of benzene rings is 2. The molecule has 0 aliphatic carbocycles. The zero-order valence-electron chi connectivity index (χ0n) is 12.3. The lowest BCUT2D eigenvalue weighted by molar-refractivity contribution is 0.103. The summed E-state index contributed by atoms with van der Waals surface area (Å²) in [5, 5.41) is 3.13. The Balaban J connectivity index is 2.33. The largest absolute Gasteiger partial charge is 0.497 e. The predicted molar refractivity (Wildman–Crippen MR) is 86.3 cm³/mol. The maximum Gasteiger partial charge on any atom is 0.193 e. The SMILES string of the molecule is C=CCc1cc(C(=O)c2ccc(OC)cc2)ccc1NC. The van der Waals surface area contributed by atoms with Gasteiger partial charge in [-0.3, -0.25) is 4.79 Å². The van der Waals surface area contributed by atoms with E-state index in [1.165, 1.54) is 0 Å². The second kappa shape index (κ2) is 6.75. The first-order chi connectivity index (χ1) is 10.2. The fourth-order valence-electron chi connectivity index (χ4n) is 2.21. The monoisotopic (exact) mass is 281 g/mol. The van der Waals surface area contributed by atoms with Crippen molar-refractivity contribution in [3.05, 3.63) is 71.8 Å². The summed E-state index contributed by atoms with van der Waals surface area (Å²) in [6.07, 6.45) is 2.55. The van der Waals surface area contributed by atoms with E-state index >= 15 is 0 Å². The maximum atomic E-state index is 12.5. The van der Waals surface area contributed by atoms with E-state index in [4.69, 9.17) is 4.74 Å². The van der Waals surface area contributed by atoms with Crippen LogP contribution in [-0.4, -0.2) is 19.9 Å². The zero-order chi connectivity index (χ0) is 15.2. The first-order valence-electron chi connectivity index (χ1n) is 6.80. The minimum atomic E-state index is 0.00520. The maximum absolute atomic E-state index is 12.5. The molecule has 1 N–H and O–H groups in total. The summed E-state index contributed by atoms with van der Waals surface area (Å²) in [5.74, 6) is 0.745. The molecule has 0 amide bonds. The van der Waals surface area contributed by atoms with Crippen LogP contribution in [0.1, 0.15) is 21.5 Å². The van der Waals surface area contributed by atoms with Gasteiger partial charge in [0.1, 0.15) is 5.75 Å². The fourth-order valence-corrected chi connectivity index (χ4v) is 2.21. The van der Waals surface area contributed by atoms with Crippen LogP contribution in [0, 0.1) is 0 Å². The van der Waals surface area contributed by atoms with E-state index in [0.717, 1.165) is 23.4 Å². The van der Waals surface area contributed by atoms with Crippen LogP contribution in [0.3, 0.4) is 0 Å². The van der Waals surface area contributed by atoms with Crippen molar-refractivity contribution in [3.8, 4) is 5.75 Å². The lowest BCUT2D eigenvalue weighted by Crippen LogP contribution is -2.04. The van der Waals surface area contributed by atoms with Crippen molar-refractivity contribution in [2.75, 3.05) is 19.5 Å². The number of hydrogen-bond acceptors (Lipinski definition) is 3. The molecule has 0 aliphatic rings. The zero-order valence-corrected chi connectivity index (χ0v) is 12.3. The predicted octanol–water partition coefficient (Wildman–Crippen LogP) is 3.70. The summed E-state index contributed by atoms with van der Waals surface area (Å²) in [5.41, 5.74) is 3.40.